The van der Waals surface area contributed by atoms with Crippen molar-refractivity contribution in [2.24, 2.45) is 0 Å². The SMILES string of the molecule is CC(=O)c1ccc(NC(=O)[C@H](C)Oc2ccc(I)cc2)cc1. The third-order valence-electron chi connectivity index (χ3n) is 3.05. The molecule has 2 rings (SSSR count). The Bertz CT molecular complexity index is 665. The van der Waals surface area contributed by atoms with Gasteiger partial charge in [0, 0.05) is 14.8 Å². The van der Waals surface area contributed by atoms with E-state index in [9.17, 15) is 9.59 Å². The van der Waals surface area contributed by atoms with Crippen LogP contribution < -0.4 is 10.1 Å². The van der Waals surface area contributed by atoms with Crippen LogP contribution in [0.15, 0.2) is 48.5 Å². The predicted molar refractivity (Wildman–Crippen MR) is 94.3 cm³/mol. The van der Waals surface area contributed by atoms with Crippen molar-refractivity contribution in [1.82, 2.24) is 0 Å². The van der Waals surface area contributed by atoms with E-state index >= 15 is 0 Å². The van der Waals surface area contributed by atoms with Gasteiger partial charge in [0.15, 0.2) is 11.9 Å². The van der Waals surface area contributed by atoms with Crippen LogP contribution in [-0.4, -0.2) is 17.8 Å². The van der Waals surface area contributed by atoms with E-state index < -0.39 is 6.10 Å². The zero-order chi connectivity index (χ0) is 16.1. The van der Waals surface area contributed by atoms with Gasteiger partial charge in [0.25, 0.3) is 5.91 Å². The highest BCUT2D eigenvalue weighted by molar-refractivity contribution is 14.1. The molecule has 0 saturated heterocycles. The minimum atomic E-state index is -0.618. The Kier molecular flexibility index (Phi) is 5.54. The van der Waals surface area contributed by atoms with Gasteiger partial charge >= 0.3 is 0 Å². The van der Waals surface area contributed by atoms with Crippen molar-refractivity contribution < 1.29 is 14.3 Å². The van der Waals surface area contributed by atoms with E-state index in [4.69, 9.17) is 4.74 Å². The van der Waals surface area contributed by atoms with Gasteiger partial charge in [-0.25, -0.2) is 0 Å². The van der Waals surface area contributed by atoms with Crippen LogP contribution in [-0.2, 0) is 4.79 Å². The first kappa shape index (κ1) is 16.5. The van der Waals surface area contributed by atoms with E-state index in [1.165, 1.54) is 6.92 Å². The highest BCUT2D eigenvalue weighted by Crippen LogP contribution is 2.16. The lowest BCUT2D eigenvalue weighted by atomic mass is 10.1. The molecule has 0 bridgehead atoms. The van der Waals surface area contributed by atoms with E-state index in [1.54, 1.807) is 31.2 Å². The number of rotatable bonds is 5. The molecule has 0 radical (unpaired) electrons. The minimum Gasteiger partial charge on any atom is -0.481 e. The van der Waals surface area contributed by atoms with Crippen LogP contribution in [0.25, 0.3) is 0 Å². The molecule has 0 aliphatic carbocycles. The third-order valence-corrected chi connectivity index (χ3v) is 3.77. The van der Waals surface area contributed by atoms with E-state index in [-0.39, 0.29) is 11.7 Å². The van der Waals surface area contributed by atoms with E-state index in [1.807, 2.05) is 24.3 Å². The van der Waals surface area contributed by atoms with Crippen molar-refractivity contribution >= 4 is 40.0 Å². The maximum Gasteiger partial charge on any atom is 0.265 e. The number of hydrogen-bond donors (Lipinski definition) is 1. The number of ether oxygens (including phenoxy) is 1. The average Bonchev–Trinajstić information content (AvgIpc) is 2.50. The van der Waals surface area contributed by atoms with Gasteiger partial charge < -0.3 is 10.1 Å². The number of carbonyl (C=O) groups excluding carboxylic acids is 2. The Labute approximate surface area is 143 Å². The fourth-order valence-corrected chi connectivity index (χ4v) is 2.16. The number of nitrogens with one attached hydrogen (secondary N) is 1. The highest BCUT2D eigenvalue weighted by Gasteiger charge is 2.15. The number of benzene rings is 2. The van der Waals surface area contributed by atoms with Crippen LogP contribution in [0.1, 0.15) is 24.2 Å². The molecule has 1 atom stereocenters. The van der Waals surface area contributed by atoms with Crippen LogP contribution in [0, 0.1) is 3.57 Å². The van der Waals surface area contributed by atoms with Gasteiger partial charge in [-0.2, -0.15) is 0 Å². The fourth-order valence-electron chi connectivity index (χ4n) is 1.80. The lowest BCUT2D eigenvalue weighted by Crippen LogP contribution is -2.30. The van der Waals surface area contributed by atoms with Crippen molar-refractivity contribution in [2.45, 2.75) is 20.0 Å². The second-order valence-electron chi connectivity index (χ2n) is 4.84. The summed E-state index contributed by atoms with van der Waals surface area (Å²) in [5.74, 6) is 0.400. The second kappa shape index (κ2) is 7.40. The molecule has 0 aliphatic rings. The Balaban J connectivity index is 1.95. The summed E-state index contributed by atoms with van der Waals surface area (Å²) >= 11 is 2.21. The zero-order valence-electron chi connectivity index (χ0n) is 12.3. The minimum absolute atomic E-state index is 0.00622. The molecule has 114 valence electrons. The normalized spacial score (nSPS) is 11.6. The molecule has 0 fully saturated rings. The monoisotopic (exact) mass is 409 g/mol. The zero-order valence-corrected chi connectivity index (χ0v) is 14.5. The second-order valence-corrected chi connectivity index (χ2v) is 6.08. The molecule has 0 unspecified atom stereocenters. The fraction of sp³-hybridized carbons (Fsp3) is 0.176. The summed E-state index contributed by atoms with van der Waals surface area (Å²) in [7, 11) is 0. The number of amides is 1. The predicted octanol–water partition coefficient (Wildman–Crippen LogP) is 3.90. The van der Waals surface area contributed by atoms with Gasteiger partial charge in [-0.3, -0.25) is 9.59 Å². The summed E-state index contributed by atoms with van der Waals surface area (Å²) in [5, 5.41) is 2.76. The number of ketones is 1. The molecule has 0 spiro atoms. The molecule has 0 aliphatic heterocycles. The van der Waals surface area contributed by atoms with Crippen LogP contribution >= 0.6 is 22.6 Å². The van der Waals surface area contributed by atoms with Crippen molar-refractivity contribution in [3.05, 3.63) is 57.7 Å². The lowest BCUT2D eigenvalue weighted by molar-refractivity contribution is -0.122. The average molecular weight is 409 g/mol. The Hall–Kier alpha value is -1.89. The van der Waals surface area contributed by atoms with Crippen molar-refractivity contribution in [1.29, 1.82) is 0 Å². The number of halogens is 1. The smallest absolute Gasteiger partial charge is 0.265 e. The van der Waals surface area contributed by atoms with Gasteiger partial charge in [-0.05, 0) is 85.0 Å². The van der Waals surface area contributed by atoms with Gasteiger partial charge in [0.2, 0.25) is 0 Å². The topological polar surface area (TPSA) is 55.4 Å². The Morgan fingerprint density at radius 2 is 1.64 bits per heavy atom. The first-order valence-electron chi connectivity index (χ1n) is 6.80. The van der Waals surface area contributed by atoms with Crippen LogP contribution in [0.4, 0.5) is 5.69 Å². The number of anilines is 1. The third kappa shape index (κ3) is 4.56. The summed E-state index contributed by atoms with van der Waals surface area (Å²) in [5.41, 5.74) is 1.24. The van der Waals surface area contributed by atoms with Crippen LogP contribution in [0.5, 0.6) is 5.75 Å². The maximum atomic E-state index is 12.1. The lowest BCUT2D eigenvalue weighted by Gasteiger charge is -2.15. The molecular formula is C17H16INO3. The summed E-state index contributed by atoms with van der Waals surface area (Å²) < 4.78 is 6.70. The molecule has 4 nitrogen and oxygen atoms in total. The molecule has 2 aromatic rings. The molecule has 22 heavy (non-hydrogen) atoms. The summed E-state index contributed by atoms with van der Waals surface area (Å²) in [6.45, 7) is 3.20. The van der Waals surface area contributed by atoms with E-state index in [0.717, 1.165) is 3.57 Å². The number of Topliss-reactive ketones (excluding diaryl/α,β-unsaturated/α-hetero) is 1. The molecule has 1 N–H and O–H groups in total. The van der Waals surface area contributed by atoms with Gasteiger partial charge in [-0.15, -0.1) is 0 Å². The highest BCUT2D eigenvalue weighted by atomic mass is 127. The van der Waals surface area contributed by atoms with Gasteiger partial charge in [0.05, 0.1) is 0 Å². The summed E-state index contributed by atoms with van der Waals surface area (Å²) in [6.07, 6.45) is -0.618. The maximum absolute atomic E-state index is 12.1. The summed E-state index contributed by atoms with van der Waals surface area (Å²) in [6, 6.07) is 14.3. The number of carbonyl (C=O) groups is 2. The summed E-state index contributed by atoms with van der Waals surface area (Å²) in [4.78, 5) is 23.3. The van der Waals surface area contributed by atoms with Gasteiger partial charge in [0.1, 0.15) is 5.75 Å². The van der Waals surface area contributed by atoms with Crippen LogP contribution in [0.2, 0.25) is 0 Å². The quantitative estimate of drug-likeness (QED) is 0.602. The first-order valence-corrected chi connectivity index (χ1v) is 7.87. The molecule has 2 aromatic carbocycles. The van der Waals surface area contributed by atoms with Crippen molar-refractivity contribution in [3.8, 4) is 5.75 Å². The Morgan fingerprint density at radius 3 is 2.18 bits per heavy atom. The molecule has 1 amide bonds. The Morgan fingerprint density at radius 1 is 1.05 bits per heavy atom. The molecule has 0 aromatic heterocycles. The number of hydrogen-bond acceptors (Lipinski definition) is 3. The molecule has 5 heteroatoms. The van der Waals surface area contributed by atoms with Crippen molar-refractivity contribution in [2.75, 3.05) is 5.32 Å². The van der Waals surface area contributed by atoms with Gasteiger partial charge in [-0.1, -0.05) is 0 Å². The van der Waals surface area contributed by atoms with Crippen LogP contribution in [0.3, 0.4) is 0 Å². The van der Waals surface area contributed by atoms with Crippen molar-refractivity contribution in [3.63, 3.8) is 0 Å². The largest absolute Gasteiger partial charge is 0.481 e. The first-order chi connectivity index (χ1) is 10.5. The molecule has 0 saturated carbocycles. The molecular weight excluding hydrogens is 393 g/mol. The van der Waals surface area contributed by atoms with E-state index in [2.05, 4.69) is 27.9 Å². The van der Waals surface area contributed by atoms with E-state index in [0.29, 0.717) is 17.0 Å². The molecule has 0 heterocycles. The standard InChI is InChI=1S/C17H16INO3/c1-11(20)13-3-7-15(8-4-13)19-17(21)12(2)22-16-9-5-14(18)6-10-16/h3-10,12H,1-2H3,(H,19,21)/t12-/m0/s1.